The number of carbonyl (C=O) groups is 1. The van der Waals surface area contributed by atoms with Crippen LogP contribution in [-0.2, 0) is 4.79 Å². The molecule has 3 heteroatoms. The molecule has 1 aromatic rings. The maximum absolute atomic E-state index is 12.2. The van der Waals surface area contributed by atoms with Crippen molar-refractivity contribution in [3.8, 4) is 11.8 Å². The van der Waals surface area contributed by atoms with Crippen LogP contribution in [-0.4, -0.2) is 30.4 Å². The molecule has 0 radical (unpaired) electrons. The number of rotatable bonds is 5. The van der Waals surface area contributed by atoms with Crippen LogP contribution in [0.3, 0.4) is 0 Å². The summed E-state index contributed by atoms with van der Waals surface area (Å²) < 4.78 is 0. The molecule has 20 heavy (non-hydrogen) atoms. The standard InChI is InChI=1S/C17H24N2O/c1-4-12-19(14-17(2,3)13-18)16(20)11-10-15-8-6-5-7-9-15/h5-9H,4,12-14,18H2,1-3H3. The smallest absolute Gasteiger partial charge is 0.298 e. The summed E-state index contributed by atoms with van der Waals surface area (Å²) in [5, 5.41) is 0. The zero-order valence-electron chi connectivity index (χ0n) is 12.6. The molecular weight excluding hydrogens is 248 g/mol. The van der Waals surface area contributed by atoms with Gasteiger partial charge in [0.05, 0.1) is 0 Å². The van der Waals surface area contributed by atoms with E-state index in [0.29, 0.717) is 19.6 Å². The van der Waals surface area contributed by atoms with Crippen LogP contribution in [0.4, 0.5) is 0 Å². The molecule has 0 fully saturated rings. The van der Waals surface area contributed by atoms with Crippen molar-refractivity contribution in [3.05, 3.63) is 35.9 Å². The number of nitrogens with two attached hydrogens (primary N) is 1. The molecule has 0 unspecified atom stereocenters. The minimum atomic E-state index is -0.128. The molecule has 0 aliphatic heterocycles. The van der Waals surface area contributed by atoms with Gasteiger partial charge in [0.25, 0.3) is 5.91 Å². The van der Waals surface area contributed by atoms with Gasteiger partial charge in [-0.2, -0.15) is 0 Å². The zero-order valence-corrected chi connectivity index (χ0v) is 12.6. The summed E-state index contributed by atoms with van der Waals surface area (Å²) in [5.74, 6) is 5.51. The van der Waals surface area contributed by atoms with E-state index in [9.17, 15) is 4.79 Å². The Kier molecular flexibility index (Phi) is 6.27. The molecule has 3 nitrogen and oxygen atoms in total. The maximum atomic E-state index is 12.2. The Morgan fingerprint density at radius 1 is 1.30 bits per heavy atom. The topological polar surface area (TPSA) is 46.3 Å². The van der Waals surface area contributed by atoms with Gasteiger partial charge in [-0.1, -0.05) is 44.9 Å². The average molecular weight is 272 g/mol. The zero-order chi connectivity index (χ0) is 15.0. The van der Waals surface area contributed by atoms with E-state index in [0.717, 1.165) is 12.0 Å². The lowest BCUT2D eigenvalue weighted by atomic mass is 9.93. The molecule has 0 aliphatic rings. The molecule has 0 saturated heterocycles. The fourth-order valence-electron chi connectivity index (χ4n) is 1.83. The molecule has 0 aliphatic carbocycles. The van der Waals surface area contributed by atoms with Gasteiger partial charge in [0.1, 0.15) is 0 Å². The molecule has 0 saturated carbocycles. The molecule has 0 spiro atoms. The van der Waals surface area contributed by atoms with E-state index >= 15 is 0 Å². The summed E-state index contributed by atoms with van der Waals surface area (Å²) >= 11 is 0. The van der Waals surface area contributed by atoms with Crippen LogP contribution < -0.4 is 5.73 Å². The minimum Gasteiger partial charge on any atom is -0.331 e. The quantitative estimate of drug-likeness (QED) is 0.836. The fourth-order valence-corrected chi connectivity index (χ4v) is 1.83. The predicted octanol–water partition coefficient (Wildman–Crippen LogP) is 2.26. The summed E-state index contributed by atoms with van der Waals surface area (Å²) in [4.78, 5) is 14.0. The summed E-state index contributed by atoms with van der Waals surface area (Å²) in [5.41, 5.74) is 6.51. The Morgan fingerprint density at radius 2 is 1.95 bits per heavy atom. The van der Waals surface area contributed by atoms with Gasteiger partial charge in [-0.15, -0.1) is 0 Å². The number of hydrogen-bond donors (Lipinski definition) is 1. The summed E-state index contributed by atoms with van der Waals surface area (Å²) in [7, 11) is 0. The molecule has 0 atom stereocenters. The Balaban J connectivity index is 2.77. The van der Waals surface area contributed by atoms with Crippen molar-refractivity contribution in [2.24, 2.45) is 11.1 Å². The van der Waals surface area contributed by atoms with Crippen LogP contribution in [0.2, 0.25) is 0 Å². The van der Waals surface area contributed by atoms with E-state index < -0.39 is 0 Å². The van der Waals surface area contributed by atoms with Crippen LogP contribution >= 0.6 is 0 Å². The summed E-state index contributed by atoms with van der Waals surface area (Å²) in [6, 6.07) is 9.55. The first-order valence-corrected chi connectivity index (χ1v) is 7.04. The van der Waals surface area contributed by atoms with Crippen LogP contribution in [0.25, 0.3) is 0 Å². The number of carbonyl (C=O) groups excluding carboxylic acids is 1. The first-order chi connectivity index (χ1) is 9.48. The first-order valence-electron chi connectivity index (χ1n) is 7.04. The monoisotopic (exact) mass is 272 g/mol. The van der Waals surface area contributed by atoms with Crippen LogP contribution in [0.15, 0.2) is 30.3 Å². The van der Waals surface area contributed by atoms with Gasteiger partial charge in [0.2, 0.25) is 0 Å². The molecule has 1 amide bonds. The van der Waals surface area contributed by atoms with Gasteiger partial charge in [0.15, 0.2) is 0 Å². The third-order valence-electron chi connectivity index (χ3n) is 3.04. The lowest BCUT2D eigenvalue weighted by Gasteiger charge is -2.30. The molecule has 1 aromatic carbocycles. The van der Waals surface area contributed by atoms with Crippen molar-refractivity contribution in [3.63, 3.8) is 0 Å². The Morgan fingerprint density at radius 3 is 2.50 bits per heavy atom. The molecule has 2 N–H and O–H groups in total. The van der Waals surface area contributed by atoms with Crippen molar-refractivity contribution in [1.82, 2.24) is 4.90 Å². The van der Waals surface area contributed by atoms with Gasteiger partial charge >= 0.3 is 0 Å². The Bertz CT molecular complexity index is 483. The van der Waals surface area contributed by atoms with Gasteiger partial charge in [-0.3, -0.25) is 4.79 Å². The van der Waals surface area contributed by atoms with Crippen molar-refractivity contribution < 1.29 is 4.79 Å². The SMILES string of the molecule is CCCN(CC(C)(C)CN)C(=O)C#Cc1ccccc1. The number of amides is 1. The molecular formula is C17H24N2O. The second-order valence-electron chi connectivity index (χ2n) is 5.71. The van der Waals surface area contributed by atoms with Crippen LogP contribution in [0.1, 0.15) is 32.8 Å². The molecule has 0 aromatic heterocycles. The second-order valence-corrected chi connectivity index (χ2v) is 5.71. The van der Waals surface area contributed by atoms with E-state index in [1.165, 1.54) is 0 Å². The third-order valence-corrected chi connectivity index (χ3v) is 3.04. The predicted molar refractivity (Wildman–Crippen MR) is 83.0 cm³/mol. The van der Waals surface area contributed by atoms with Gasteiger partial charge in [0, 0.05) is 24.6 Å². The van der Waals surface area contributed by atoms with E-state index in [-0.39, 0.29) is 11.3 Å². The highest BCUT2D eigenvalue weighted by Gasteiger charge is 2.22. The number of nitrogens with zero attached hydrogens (tertiary/aromatic N) is 1. The molecule has 1 rings (SSSR count). The highest BCUT2D eigenvalue weighted by Crippen LogP contribution is 2.15. The summed E-state index contributed by atoms with van der Waals surface area (Å²) in [6.07, 6.45) is 0.916. The Hall–Kier alpha value is -1.79. The lowest BCUT2D eigenvalue weighted by molar-refractivity contribution is -0.126. The van der Waals surface area contributed by atoms with E-state index in [4.69, 9.17) is 5.73 Å². The normalized spacial score (nSPS) is 10.6. The van der Waals surface area contributed by atoms with Crippen molar-refractivity contribution in [1.29, 1.82) is 0 Å². The van der Waals surface area contributed by atoms with Crippen LogP contribution in [0.5, 0.6) is 0 Å². The van der Waals surface area contributed by atoms with Crippen LogP contribution in [0, 0.1) is 17.3 Å². The summed E-state index contributed by atoms with van der Waals surface area (Å²) in [6.45, 7) is 8.08. The van der Waals surface area contributed by atoms with Gasteiger partial charge < -0.3 is 10.6 Å². The van der Waals surface area contributed by atoms with Gasteiger partial charge in [-0.05, 0) is 30.5 Å². The third kappa shape index (κ3) is 5.46. The highest BCUT2D eigenvalue weighted by molar-refractivity contribution is 5.94. The minimum absolute atomic E-state index is 0.0841. The Labute approximate surface area is 122 Å². The van der Waals surface area contributed by atoms with E-state index in [1.54, 1.807) is 4.90 Å². The van der Waals surface area contributed by atoms with E-state index in [1.807, 2.05) is 30.3 Å². The fraction of sp³-hybridized carbons (Fsp3) is 0.471. The first kappa shape index (κ1) is 16.3. The average Bonchev–Trinajstić information content (AvgIpc) is 2.45. The van der Waals surface area contributed by atoms with E-state index in [2.05, 4.69) is 32.6 Å². The maximum Gasteiger partial charge on any atom is 0.298 e. The van der Waals surface area contributed by atoms with Crippen molar-refractivity contribution >= 4 is 5.91 Å². The number of benzene rings is 1. The van der Waals surface area contributed by atoms with Crippen molar-refractivity contribution in [2.45, 2.75) is 27.2 Å². The molecule has 108 valence electrons. The highest BCUT2D eigenvalue weighted by atomic mass is 16.2. The lowest BCUT2D eigenvalue weighted by Crippen LogP contribution is -2.42. The second kappa shape index (κ2) is 7.72. The molecule has 0 bridgehead atoms. The number of hydrogen-bond acceptors (Lipinski definition) is 2. The van der Waals surface area contributed by atoms with Gasteiger partial charge in [-0.25, -0.2) is 0 Å². The largest absolute Gasteiger partial charge is 0.331 e. The van der Waals surface area contributed by atoms with Crippen molar-refractivity contribution in [2.75, 3.05) is 19.6 Å². The molecule has 0 heterocycles.